The van der Waals surface area contributed by atoms with Crippen LogP contribution >= 0.6 is 15.9 Å². The molecule has 0 aliphatic rings. The molecule has 1 N–H and O–H groups in total. The molecule has 1 aromatic carbocycles. The molecule has 0 aliphatic carbocycles. The molecule has 102 valence electrons. The summed E-state index contributed by atoms with van der Waals surface area (Å²) in [5, 5.41) is 9.05. The molecule has 0 fully saturated rings. The Kier molecular flexibility index (Phi) is 4.27. The molecule has 2 rings (SSSR count). The SMILES string of the molecule is COc1ccc(-c2nc(CCO)n(C)c2C)cc1Br. The average molecular weight is 325 g/mol. The first kappa shape index (κ1) is 14.1. The number of ether oxygens (including phenoxy) is 1. The third-order valence-corrected chi connectivity index (χ3v) is 3.85. The molecule has 0 atom stereocenters. The first-order valence-electron chi connectivity index (χ1n) is 6.05. The molecule has 1 heterocycles. The van der Waals surface area contributed by atoms with Crippen LogP contribution in [0.25, 0.3) is 11.3 Å². The van der Waals surface area contributed by atoms with Crippen molar-refractivity contribution in [3.63, 3.8) is 0 Å². The predicted molar refractivity (Wildman–Crippen MR) is 78.4 cm³/mol. The van der Waals surface area contributed by atoms with Gasteiger partial charge in [0, 0.05) is 24.7 Å². The zero-order valence-corrected chi connectivity index (χ0v) is 12.9. The van der Waals surface area contributed by atoms with Crippen LogP contribution in [0.5, 0.6) is 5.75 Å². The third-order valence-electron chi connectivity index (χ3n) is 3.23. The molecule has 5 heteroatoms. The second kappa shape index (κ2) is 5.75. The van der Waals surface area contributed by atoms with Crippen molar-refractivity contribution in [3.05, 3.63) is 34.2 Å². The Hall–Kier alpha value is -1.33. The van der Waals surface area contributed by atoms with Gasteiger partial charge in [0.2, 0.25) is 0 Å². The summed E-state index contributed by atoms with van der Waals surface area (Å²) in [5.74, 6) is 1.69. The van der Waals surface area contributed by atoms with Crippen molar-refractivity contribution in [2.45, 2.75) is 13.3 Å². The lowest BCUT2D eigenvalue weighted by molar-refractivity contribution is 0.295. The van der Waals surface area contributed by atoms with Crippen LogP contribution in [0.4, 0.5) is 0 Å². The van der Waals surface area contributed by atoms with Crippen molar-refractivity contribution in [1.29, 1.82) is 0 Å². The molecule has 4 nitrogen and oxygen atoms in total. The Morgan fingerprint density at radius 2 is 2.16 bits per heavy atom. The summed E-state index contributed by atoms with van der Waals surface area (Å²) < 4.78 is 8.15. The van der Waals surface area contributed by atoms with Crippen LogP contribution in [0, 0.1) is 6.92 Å². The number of aliphatic hydroxyl groups is 1. The van der Waals surface area contributed by atoms with E-state index in [2.05, 4.69) is 20.9 Å². The molecule has 0 unspecified atom stereocenters. The van der Waals surface area contributed by atoms with Gasteiger partial charge in [0.1, 0.15) is 11.6 Å². The van der Waals surface area contributed by atoms with E-state index in [4.69, 9.17) is 9.84 Å². The molecule has 19 heavy (non-hydrogen) atoms. The highest BCUT2D eigenvalue weighted by Gasteiger charge is 2.13. The number of benzene rings is 1. The van der Waals surface area contributed by atoms with Crippen LogP contribution in [0.15, 0.2) is 22.7 Å². The quantitative estimate of drug-likeness (QED) is 0.940. The molecule has 0 amide bonds. The summed E-state index contributed by atoms with van der Waals surface area (Å²) >= 11 is 3.49. The lowest BCUT2D eigenvalue weighted by Crippen LogP contribution is -2.01. The third kappa shape index (κ3) is 2.67. The van der Waals surface area contributed by atoms with Gasteiger partial charge in [-0.25, -0.2) is 4.98 Å². The van der Waals surface area contributed by atoms with E-state index in [1.54, 1.807) is 7.11 Å². The van der Waals surface area contributed by atoms with E-state index < -0.39 is 0 Å². The molecule has 0 aliphatic heterocycles. The van der Waals surface area contributed by atoms with E-state index in [0.29, 0.717) is 6.42 Å². The fourth-order valence-corrected chi connectivity index (χ4v) is 2.59. The van der Waals surface area contributed by atoms with Crippen molar-refractivity contribution in [3.8, 4) is 17.0 Å². The minimum atomic E-state index is 0.107. The molecular formula is C14H17BrN2O2. The van der Waals surface area contributed by atoms with E-state index in [1.165, 1.54) is 0 Å². The maximum atomic E-state index is 9.05. The summed E-state index contributed by atoms with van der Waals surface area (Å²) in [5.41, 5.74) is 3.06. The smallest absolute Gasteiger partial charge is 0.133 e. The summed E-state index contributed by atoms with van der Waals surface area (Å²) in [7, 11) is 3.61. The van der Waals surface area contributed by atoms with Crippen LogP contribution in [-0.4, -0.2) is 28.4 Å². The van der Waals surface area contributed by atoms with Gasteiger partial charge in [0.05, 0.1) is 23.9 Å². The fraction of sp³-hybridized carbons (Fsp3) is 0.357. The van der Waals surface area contributed by atoms with Crippen molar-refractivity contribution in [2.24, 2.45) is 7.05 Å². The normalized spacial score (nSPS) is 10.8. The summed E-state index contributed by atoms with van der Waals surface area (Å²) in [6.45, 7) is 2.14. The number of methoxy groups -OCH3 is 1. The molecule has 0 saturated heterocycles. The Morgan fingerprint density at radius 3 is 2.74 bits per heavy atom. The van der Waals surface area contributed by atoms with Crippen molar-refractivity contribution in [2.75, 3.05) is 13.7 Å². The van der Waals surface area contributed by atoms with Crippen LogP contribution in [0.2, 0.25) is 0 Å². The fourth-order valence-electron chi connectivity index (χ4n) is 2.05. The molecule has 0 saturated carbocycles. The highest BCUT2D eigenvalue weighted by atomic mass is 79.9. The Labute approximate surface area is 121 Å². The number of aromatic nitrogens is 2. The monoisotopic (exact) mass is 324 g/mol. The van der Waals surface area contributed by atoms with Gasteiger partial charge < -0.3 is 14.4 Å². The lowest BCUT2D eigenvalue weighted by Gasteiger charge is -2.05. The maximum Gasteiger partial charge on any atom is 0.133 e. The molecular weight excluding hydrogens is 308 g/mol. The van der Waals surface area contributed by atoms with Crippen LogP contribution in [0.1, 0.15) is 11.5 Å². The molecule has 0 spiro atoms. The molecule has 0 bridgehead atoms. The summed E-state index contributed by atoms with van der Waals surface area (Å²) in [6.07, 6.45) is 0.564. The zero-order valence-electron chi connectivity index (χ0n) is 11.3. The Bertz CT molecular complexity index is 593. The standard InChI is InChI=1S/C14H17BrN2O2/c1-9-14(16-13(6-7-18)17(9)2)10-4-5-12(19-3)11(15)8-10/h4-5,8,18H,6-7H2,1-3H3. The van der Waals surface area contributed by atoms with Crippen LogP contribution in [-0.2, 0) is 13.5 Å². The lowest BCUT2D eigenvalue weighted by atomic mass is 10.1. The average Bonchev–Trinajstić information content (AvgIpc) is 2.67. The first-order chi connectivity index (χ1) is 9.08. The largest absolute Gasteiger partial charge is 0.496 e. The van der Waals surface area contributed by atoms with Gasteiger partial charge in [-0.05, 0) is 41.1 Å². The van der Waals surface area contributed by atoms with E-state index in [-0.39, 0.29) is 6.61 Å². The highest BCUT2D eigenvalue weighted by Crippen LogP contribution is 2.31. The summed E-state index contributed by atoms with van der Waals surface area (Å²) in [6, 6.07) is 5.90. The minimum Gasteiger partial charge on any atom is -0.496 e. The number of imidazole rings is 1. The van der Waals surface area contributed by atoms with Gasteiger partial charge >= 0.3 is 0 Å². The molecule has 0 radical (unpaired) electrons. The topological polar surface area (TPSA) is 47.3 Å². The minimum absolute atomic E-state index is 0.107. The van der Waals surface area contributed by atoms with Gasteiger partial charge in [-0.1, -0.05) is 0 Å². The number of aliphatic hydroxyl groups excluding tert-OH is 1. The van der Waals surface area contributed by atoms with E-state index in [1.807, 2.05) is 36.7 Å². The predicted octanol–water partition coefficient (Wildman–Crippen LogP) is 2.70. The van der Waals surface area contributed by atoms with Gasteiger partial charge in [0.25, 0.3) is 0 Å². The van der Waals surface area contributed by atoms with Crippen molar-refractivity contribution >= 4 is 15.9 Å². The van der Waals surface area contributed by atoms with Gasteiger partial charge in [-0.3, -0.25) is 0 Å². The second-order valence-electron chi connectivity index (χ2n) is 4.34. The van der Waals surface area contributed by atoms with Crippen molar-refractivity contribution < 1.29 is 9.84 Å². The van der Waals surface area contributed by atoms with Crippen LogP contribution < -0.4 is 4.74 Å². The Morgan fingerprint density at radius 1 is 1.42 bits per heavy atom. The van der Waals surface area contributed by atoms with E-state index in [0.717, 1.165) is 33.0 Å². The van der Waals surface area contributed by atoms with E-state index >= 15 is 0 Å². The van der Waals surface area contributed by atoms with Gasteiger partial charge in [0.15, 0.2) is 0 Å². The number of rotatable bonds is 4. The van der Waals surface area contributed by atoms with Gasteiger partial charge in [-0.2, -0.15) is 0 Å². The zero-order chi connectivity index (χ0) is 14.0. The maximum absolute atomic E-state index is 9.05. The Balaban J connectivity index is 2.47. The first-order valence-corrected chi connectivity index (χ1v) is 6.84. The highest BCUT2D eigenvalue weighted by molar-refractivity contribution is 9.10. The summed E-state index contributed by atoms with van der Waals surface area (Å²) in [4.78, 5) is 4.61. The second-order valence-corrected chi connectivity index (χ2v) is 5.20. The van der Waals surface area contributed by atoms with Crippen molar-refractivity contribution in [1.82, 2.24) is 9.55 Å². The van der Waals surface area contributed by atoms with Crippen LogP contribution in [0.3, 0.4) is 0 Å². The van der Waals surface area contributed by atoms with E-state index in [9.17, 15) is 0 Å². The molecule has 1 aromatic heterocycles. The number of hydrogen-bond donors (Lipinski definition) is 1. The number of halogens is 1. The number of hydrogen-bond acceptors (Lipinski definition) is 3. The number of nitrogens with zero attached hydrogens (tertiary/aromatic N) is 2. The molecule has 2 aromatic rings. The van der Waals surface area contributed by atoms with Gasteiger partial charge in [-0.15, -0.1) is 0 Å².